The maximum absolute atomic E-state index is 13.1. The number of hydrogen-bond acceptors (Lipinski definition) is 9. The molecular weight excluding hydrogens is 592 g/mol. The van der Waals surface area contributed by atoms with Gasteiger partial charge in [-0.05, 0) is 81.9 Å². The largest absolute Gasteiger partial charge is 0.452 e. The van der Waals surface area contributed by atoms with Crippen LogP contribution in [-0.2, 0) is 16.7 Å². The number of esters is 1. The number of ether oxygens (including phenoxy) is 1. The van der Waals surface area contributed by atoms with Crippen LogP contribution in [0.1, 0.15) is 84.8 Å². The van der Waals surface area contributed by atoms with Gasteiger partial charge in [0.15, 0.2) is 0 Å². The van der Waals surface area contributed by atoms with Gasteiger partial charge in [-0.15, -0.1) is 0 Å². The Morgan fingerprint density at radius 2 is 1.79 bits per heavy atom. The second kappa shape index (κ2) is 12.4. The van der Waals surface area contributed by atoms with Crippen LogP contribution >= 0.6 is 0 Å². The molecule has 0 bridgehead atoms. The number of carbonyl (C=O) groups excluding carboxylic acids is 1. The molecule has 3 heterocycles. The molecule has 1 saturated heterocycles. The van der Waals surface area contributed by atoms with Crippen LogP contribution in [0.15, 0.2) is 79.1 Å². The number of benzene rings is 3. The maximum atomic E-state index is 13.1. The van der Waals surface area contributed by atoms with E-state index in [9.17, 15) is 14.9 Å². The molecule has 10 heteroatoms. The van der Waals surface area contributed by atoms with E-state index in [-0.39, 0.29) is 22.6 Å². The summed E-state index contributed by atoms with van der Waals surface area (Å²) in [5.74, 6) is 0.422. The molecule has 0 amide bonds. The predicted molar refractivity (Wildman–Crippen MR) is 181 cm³/mol. The zero-order valence-corrected chi connectivity index (χ0v) is 27.1. The monoisotopic (exact) mass is 632 g/mol. The highest BCUT2D eigenvalue weighted by atomic mass is 16.6. The van der Waals surface area contributed by atoms with Gasteiger partial charge in [-0.25, -0.2) is 14.8 Å². The summed E-state index contributed by atoms with van der Waals surface area (Å²) in [7, 11) is 0. The van der Waals surface area contributed by atoms with Crippen molar-refractivity contribution in [2.24, 2.45) is 0 Å². The molecule has 2 atom stereocenters. The van der Waals surface area contributed by atoms with Gasteiger partial charge in [-0.1, -0.05) is 43.3 Å². The Balaban J connectivity index is 1.19. The predicted octanol–water partition coefficient (Wildman–Crippen LogP) is 7.30. The molecule has 7 rings (SSSR count). The second-order valence-electron chi connectivity index (χ2n) is 13.5. The van der Waals surface area contributed by atoms with E-state index < -0.39 is 17.0 Å². The third-order valence-electron chi connectivity index (χ3n) is 9.91. The number of non-ortho nitro benzene ring substituents is 1. The lowest BCUT2D eigenvalue weighted by Crippen LogP contribution is -2.44. The van der Waals surface area contributed by atoms with Crippen LogP contribution in [0.5, 0.6) is 0 Å². The van der Waals surface area contributed by atoms with Crippen LogP contribution in [-0.4, -0.2) is 51.4 Å². The number of nitro benzene ring substituents is 1. The minimum absolute atomic E-state index is 0.0392. The number of fused-ring (bicyclic) bond motifs is 3. The van der Waals surface area contributed by atoms with Crippen molar-refractivity contribution in [2.45, 2.75) is 70.1 Å². The molecule has 0 unspecified atom stereocenters. The number of piperidine rings is 1. The number of nitro groups is 1. The topological polar surface area (TPSA) is 114 Å². The van der Waals surface area contributed by atoms with E-state index in [1.165, 1.54) is 46.8 Å². The number of anilines is 3. The Hall–Kier alpha value is -4.83. The first-order valence-electron chi connectivity index (χ1n) is 16.5. The summed E-state index contributed by atoms with van der Waals surface area (Å²) in [6.07, 6.45) is 3.73. The van der Waals surface area contributed by atoms with Gasteiger partial charge in [-0.2, -0.15) is 0 Å². The minimum atomic E-state index is -0.532. The average molecular weight is 633 g/mol. The molecule has 1 aromatic heterocycles. The number of likely N-dealkylation sites (tertiary alicyclic amines) is 1. The van der Waals surface area contributed by atoms with Crippen molar-refractivity contribution in [1.29, 1.82) is 0 Å². The molecule has 10 nitrogen and oxygen atoms in total. The number of aromatic nitrogens is 2. The summed E-state index contributed by atoms with van der Waals surface area (Å²) < 4.78 is 5.98. The highest BCUT2D eigenvalue weighted by Crippen LogP contribution is 2.55. The molecule has 1 fully saturated rings. The standard InChI is InChI=1S/C37H40N6O4/c1-24(2)40-29-10-7-11-30-33(29)37(16-18-41(19-17-37)21-26-8-5-4-6-9-26)22-42(30)35-32-25(3)20-31(34(32)38-23-39-35)47-36(44)27-12-14-28(15-13-27)43(45)46/h4-15,23-25,31,40H,16-22H2,1-3H3/t25-,31-/m1/s1. The van der Waals surface area contributed by atoms with E-state index in [0.29, 0.717) is 12.5 Å². The minimum Gasteiger partial charge on any atom is -0.452 e. The fourth-order valence-electron chi connectivity index (χ4n) is 7.71. The average Bonchev–Trinajstić information content (AvgIpc) is 3.57. The van der Waals surface area contributed by atoms with Crippen LogP contribution in [0.4, 0.5) is 22.9 Å². The summed E-state index contributed by atoms with van der Waals surface area (Å²) >= 11 is 0. The Bertz CT molecular complexity index is 1790. The normalized spacial score (nSPS) is 19.9. The van der Waals surface area contributed by atoms with Crippen molar-refractivity contribution in [3.8, 4) is 0 Å². The molecular formula is C37H40N6O4. The van der Waals surface area contributed by atoms with Crippen molar-refractivity contribution in [3.05, 3.63) is 117 Å². The molecule has 1 spiro atoms. The molecule has 1 aliphatic carbocycles. The van der Waals surface area contributed by atoms with Crippen LogP contribution in [0.25, 0.3) is 0 Å². The molecule has 0 radical (unpaired) electrons. The van der Waals surface area contributed by atoms with Gasteiger partial charge >= 0.3 is 5.97 Å². The van der Waals surface area contributed by atoms with Gasteiger partial charge < -0.3 is 15.0 Å². The second-order valence-corrected chi connectivity index (χ2v) is 13.5. The zero-order valence-electron chi connectivity index (χ0n) is 27.1. The molecule has 3 aliphatic rings. The fourth-order valence-corrected chi connectivity index (χ4v) is 7.71. The van der Waals surface area contributed by atoms with E-state index in [1.54, 1.807) is 6.33 Å². The highest BCUT2D eigenvalue weighted by Gasteiger charge is 2.48. The van der Waals surface area contributed by atoms with Crippen LogP contribution in [0.3, 0.4) is 0 Å². The molecule has 1 N–H and O–H groups in total. The van der Waals surface area contributed by atoms with E-state index in [0.717, 1.165) is 56.1 Å². The number of rotatable bonds is 8. The van der Waals surface area contributed by atoms with Gasteiger partial charge in [0.2, 0.25) is 0 Å². The fraction of sp³-hybridized carbons (Fsp3) is 0.378. The number of carbonyl (C=O) groups is 1. The van der Waals surface area contributed by atoms with E-state index in [1.807, 2.05) is 0 Å². The molecule has 0 saturated carbocycles. The van der Waals surface area contributed by atoms with Gasteiger partial charge in [0.05, 0.1) is 16.2 Å². The lowest BCUT2D eigenvalue weighted by molar-refractivity contribution is -0.384. The van der Waals surface area contributed by atoms with Crippen LogP contribution in [0.2, 0.25) is 0 Å². The third kappa shape index (κ3) is 5.82. The zero-order chi connectivity index (χ0) is 32.7. The molecule has 4 aromatic rings. The van der Waals surface area contributed by atoms with Gasteiger partial charge in [0, 0.05) is 59.2 Å². The third-order valence-corrected chi connectivity index (χ3v) is 9.91. The number of nitrogens with zero attached hydrogens (tertiary/aromatic N) is 5. The van der Waals surface area contributed by atoms with Gasteiger partial charge in [-0.3, -0.25) is 15.0 Å². The Kier molecular flexibility index (Phi) is 8.13. The molecule has 3 aromatic carbocycles. The van der Waals surface area contributed by atoms with Crippen molar-refractivity contribution < 1.29 is 14.5 Å². The first-order valence-corrected chi connectivity index (χ1v) is 16.5. The Morgan fingerprint density at radius 3 is 2.49 bits per heavy atom. The van der Waals surface area contributed by atoms with E-state index >= 15 is 0 Å². The smallest absolute Gasteiger partial charge is 0.338 e. The van der Waals surface area contributed by atoms with Crippen molar-refractivity contribution >= 4 is 28.8 Å². The summed E-state index contributed by atoms with van der Waals surface area (Å²) in [5.41, 5.74) is 6.97. The van der Waals surface area contributed by atoms with Crippen LogP contribution in [0, 0.1) is 10.1 Å². The molecule has 47 heavy (non-hydrogen) atoms. The lowest BCUT2D eigenvalue weighted by Gasteiger charge is -2.40. The molecule has 2 aliphatic heterocycles. The Labute approximate surface area is 274 Å². The number of nitrogens with one attached hydrogen (secondary N) is 1. The highest BCUT2D eigenvalue weighted by molar-refractivity contribution is 5.90. The Morgan fingerprint density at radius 1 is 1.04 bits per heavy atom. The summed E-state index contributed by atoms with van der Waals surface area (Å²) in [6, 6.07) is 23.0. The van der Waals surface area contributed by atoms with Gasteiger partial charge in [0.1, 0.15) is 18.2 Å². The summed E-state index contributed by atoms with van der Waals surface area (Å²) in [5, 5.41) is 14.8. The SMILES string of the molecule is CC(C)Nc1cccc2c1C1(CCN(Cc3ccccc3)CC1)CN2c1ncnc2c1[C@H](C)C[C@H]2OC(=O)c1ccc([N+](=O)[O-])cc1. The maximum Gasteiger partial charge on any atom is 0.338 e. The first kappa shape index (κ1) is 30.8. The van der Waals surface area contributed by atoms with Gasteiger partial charge in [0.25, 0.3) is 5.69 Å². The van der Waals surface area contributed by atoms with Crippen molar-refractivity contribution in [1.82, 2.24) is 14.9 Å². The van der Waals surface area contributed by atoms with Crippen molar-refractivity contribution in [2.75, 3.05) is 29.9 Å². The van der Waals surface area contributed by atoms with Crippen molar-refractivity contribution in [3.63, 3.8) is 0 Å². The van der Waals surface area contributed by atoms with E-state index in [2.05, 4.69) is 89.4 Å². The first-order chi connectivity index (χ1) is 22.7. The summed E-state index contributed by atoms with van der Waals surface area (Å²) in [4.78, 5) is 38.2. The lowest BCUT2D eigenvalue weighted by atomic mass is 9.73. The quantitative estimate of drug-likeness (QED) is 0.121. The van der Waals surface area contributed by atoms with E-state index in [4.69, 9.17) is 9.72 Å². The number of hydrogen-bond donors (Lipinski definition) is 1. The van der Waals surface area contributed by atoms with Crippen LogP contribution < -0.4 is 10.2 Å². The molecule has 242 valence electrons. The summed E-state index contributed by atoms with van der Waals surface area (Å²) in [6.45, 7) is 10.3.